The van der Waals surface area contributed by atoms with Crippen LogP contribution >= 0.6 is 0 Å². The summed E-state index contributed by atoms with van der Waals surface area (Å²) in [4.78, 5) is 7.73. The molecule has 0 aliphatic heterocycles. The van der Waals surface area contributed by atoms with Crippen molar-refractivity contribution >= 4 is 55.0 Å². The molecule has 0 bridgehead atoms. The molecular formula is C44H26N4. The molecule has 0 saturated carbocycles. The van der Waals surface area contributed by atoms with E-state index in [4.69, 9.17) is 13.1 Å². The van der Waals surface area contributed by atoms with E-state index in [1.54, 1.807) is 0 Å². The van der Waals surface area contributed by atoms with Crippen LogP contribution in [-0.4, -0.2) is 9.13 Å². The number of para-hydroxylation sites is 4. The number of aromatic nitrogens is 2. The van der Waals surface area contributed by atoms with E-state index in [0.717, 1.165) is 55.4 Å². The molecule has 0 fully saturated rings. The highest BCUT2D eigenvalue weighted by molar-refractivity contribution is 6.12. The Kier molecular flexibility index (Phi) is 6.22. The van der Waals surface area contributed by atoms with E-state index in [1.165, 1.54) is 21.8 Å². The topological polar surface area (TPSA) is 18.6 Å². The standard InChI is InChI=1S/C44H26N4/c1-45-30-24-27-43-38(28-30)36-16-7-10-21-42(36)48(43)44-37(17-11-18-39(44)46-2)33-13-4-3-12-32(33)29-22-25-31(26-23-29)47-40-19-8-5-14-34(40)35-15-6-9-20-41(35)47/h3-28H. The minimum Gasteiger partial charge on any atom is -0.318 e. The van der Waals surface area contributed by atoms with Crippen LogP contribution < -0.4 is 0 Å². The summed E-state index contributed by atoms with van der Waals surface area (Å²) in [5, 5.41) is 4.53. The maximum Gasteiger partial charge on any atom is 0.211 e. The second-order valence-corrected chi connectivity index (χ2v) is 11.9. The van der Waals surface area contributed by atoms with E-state index in [-0.39, 0.29) is 0 Å². The van der Waals surface area contributed by atoms with Crippen molar-refractivity contribution in [1.29, 1.82) is 0 Å². The first-order valence-electron chi connectivity index (χ1n) is 15.8. The number of fused-ring (bicyclic) bond motifs is 6. The fraction of sp³-hybridized carbons (Fsp3) is 0. The van der Waals surface area contributed by atoms with Gasteiger partial charge in [-0.05, 0) is 70.1 Å². The highest BCUT2D eigenvalue weighted by Gasteiger charge is 2.21. The first-order valence-corrected chi connectivity index (χ1v) is 15.8. The third-order valence-electron chi connectivity index (χ3n) is 9.38. The van der Waals surface area contributed by atoms with Crippen LogP contribution in [0.5, 0.6) is 0 Å². The molecule has 4 heteroatoms. The summed E-state index contributed by atoms with van der Waals surface area (Å²) >= 11 is 0. The molecule has 2 aromatic heterocycles. The lowest BCUT2D eigenvalue weighted by molar-refractivity contribution is 1.18. The number of hydrogen-bond donors (Lipinski definition) is 0. The van der Waals surface area contributed by atoms with Gasteiger partial charge in [0.2, 0.25) is 5.69 Å². The molecule has 0 aliphatic carbocycles. The van der Waals surface area contributed by atoms with Gasteiger partial charge in [0.25, 0.3) is 0 Å². The van der Waals surface area contributed by atoms with Crippen LogP contribution in [0.2, 0.25) is 0 Å². The van der Waals surface area contributed by atoms with E-state index < -0.39 is 0 Å². The lowest BCUT2D eigenvalue weighted by Gasteiger charge is -2.19. The minimum absolute atomic E-state index is 0.570. The molecule has 0 atom stereocenters. The predicted octanol–water partition coefficient (Wildman–Crippen LogP) is 12.3. The van der Waals surface area contributed by atoms with Gasteiger partial charge in [-0.3, -0.25) is 0 Å². The van der Waals surface area contributed by atoms with E-state index >= 15 is 0 Å². The molecule has 0 amide bonds. The number of rotatable bonds is 4. The second-order valence-electron chi connectivity index (χ2n) is 11.9. The molecule has 0 radical (unpaired) electrons. The molecule has 4 nitrogen and oxygen atoms in total. The highest BCUT2D eigenvalue weighted by Crippen LogP contribution is 2.44. The largest absolute Gasteiger partial charge is 0.318 e. The number of nitrogens with zero attached hydrogens (tertiary/aromatic N) is 4. The van der Waals surface area contributed by atoms with E-state index in [9.17, 15) is 0 Å². The van der Waals surface area contributed by atoms with Gasteiger partial charge in [-0.15, -0.1) is 0 Å². The monoisotopic (exact) mass is 610 g/mol. The van der Waals surface area contributed by atoms with Crippen LogP contribution in [0.15, 0.2) is 158 Å². The molecule has 222 valence electrons. The van der Waals surface area contributed by atoms with Crippen molar-refractivity contribution < 1.29 is 0 Å². The van der Waals surface area contributed by atoms with Gasteiger partial charge in [-0.2, -0.15) is 0 Å². The van der Waals surface area contributed by atoms with Gasteiger partial charge in [-0.1, -0.05) is 115 Å². The fourth-order valence-electron chi connectivity index (χ4n) is 7.31. The van der Waals surface area contributed by atoms with Crippen molar-refractivity contribution in [2.24, 2.45) is 0 Å². The maximum absolute atomic E-state index is 8.22. The highest BCUT2D eigenvalue weighted by atomic mass is 15.0. The molecule has 0 spiro atoms. The third-order valence-corrected chi connectivity index (χ3v) is 9.38. The maximum atomic E-state index is 8.22. The molecule has 2 heterocycles. The first-order chi connectivity index (χ1) is 23.7. The fourth-order valence-corrected chi connectivity index (χ4v) is 7.31. The zero-order valence-electron chi connectivity index (χ0n) is 25.8. The molecule has 0 aliphatic rings. The molecule has 0 N–H and O–H groups in total. The normalized spacial score (nSPS) is 11.3. The average Bonchev–Trinajstić information content (AvgIpc) is 3.67. The Morgan fingerprint density at radius 1 is 0.396 bits per heavy atom. The van der Waals surface area contributed by atoms with E-state index in [0.29, 0.717) is 11.4 Å². The summed E-state index contributed by atoms with van der Waals surface area (Å²) in [6.45, 7) is 15.8. The smallest absolute Gasteiger partial charge is 0.211 e. The zero-order chi connectivity index (χ0) is 32.2. The van der Waals surface area contributed by atoms with E-state index in [2.05, 4.69) is 134 Å². The summed E-state index contributed by atoms with van der Waals surface area (Å²) in [7, 11) is 0. The third kappa shape index (κ3) is 4.07. The van der Waals surface area contributed by atoms with Crippen molar-refractivity contribution in [2.75, 3.05) is 0 Å². The Balaban J connectivity index is 1.24. The lowest BCUT2D eigenvalue weighted by atomic mass is 9.93. The summed E-state index contributed by atoms with van der Waals surface area (Å²) < 4.78 is 4.53. The van der Waals surface area contributed by atoms with Crippen LogP contribution in [-0.2, 0) is 0 Å². The Labute approximate surface area is 277 Å². The van der Waals surface area contributed by atoms with Crippen molar-refractivity contribution in [3.8, 4) is 33.6 Å². The van der Waals surface area contributed by atoms with Crippen molar-refractivity contribution in [1.82, 2.24) is 9.13 Å². The number of benzene rings is 7. The molecule has 9 rings (SSSR count). The minimum atomic E-state index is 0.570. The lowest BCUT2D eigenvalue weighted by Crippen LogP contribution is -1.99. The van der Waals surface area contributed by atoms with Crippen LogP contribution in [0.1, 0.15) is 0 Å². The van der Waals surface area contributed by atoms with Crippen LogP contribution in [0.4, 0.5) is 11.4 Å². The van der Waals surface area contributed by atoms with Crippen LogP contribution in [0.25, 0.3) is 86.9 Å². The summed E-state index contributed by atoms with van der Waals surface area (Å²) in [5.41, 5.74) is 11.6. The molecular weight excluding hydrogens is 585 g/mol. The van der Waals surface area contributed by atoms with Gasteiger partial charge < -0.3 is 9.13 Å². The SMILES string of the molecule is [C-]#[N+]c1ccc2c(c1)c1ccccc1n2-c1c([N+]#[C-])cccc1-c1ccccc1-c1ccc(-n2c3ccccc3c3ccccc32)cc1. The Bertz CT molecular complexity index is 2750. The molecule has 48 heavy (non-hydrogen) atoms. The van der Waals surface area contributed by atoms with Gasteiger partial charge in [0.1, 0.15) is 0 Å². The molecule has 0 saturated heterocycles. The average molecular weight is 611 g/mol. The van der Waals surface area contributed by atoms with E-state index in [1.807, 2.05) is 42.5 Å². The van der Waals surface area contributed by atoms with Gasteiger partial charge >= 0.3 is 0 Å². The van der Waals surface area contributed by atoms with Gasteiger partial charge in [0.15, 0.2) is 5.69 Å². The molecule has 9 aromatic rings. The quantitative estimate of drug-likeness (QED) is 0.177. The Hall–Kier alpha value is -6.88. The van der Waals surface area contributed by atoms with Crippen LogP contribution in [0.3, 0.4) is 0 Å². The molecule has 0 unspecified atom stereocenters. The van der Waals surface area contributed by atoms with Crippen LogP contribution in [0, 0.1) is 13.1 Å². The van der Waals surface area contributed by atoms with Crippen molar-refractivity contribution in [3.05, 3.63) is 181 Å². The first kappa shape index (κ1) is 27.4. The van der Waals surface area contributed by atoms with Crippen molar-refractivity contribution in [2.45, 2.75) is 0 Å². The molecule has 7 aromatic carbocycles. The van der Waals surface area contributed by atoms with Crippen molar-refractivity contribution in [3.63, 3.8) is 0 Å². The summed E-state index contributed by atoms with van der Waals surface area (Å²) in [6, 6.07) is 54.4. The number of hydrogen-bond acceptors (Lipinski definition) is 0. The Morgan fingerprint density at radius 2 is 0.938 bits per heavy atom. The van der Waals surface area contributed by atoms with Gasteiger partial charge in [-0.25, -0.2) is 9.69 Å². The zero-order valence-corrected chi connectivity index (χ0v) is 25.8. The Morgan fingerprint density at radius 3 is 1.58 bits per heavy atom. The summed E-state index contributed by atoms with van der Waals surface area (Å²) in [6.07, 6.45) is 0. The summed E-state index contributed by atoms with van der Waals surface area (Å²) in [5.74, 6) is 0. The van der Waals surface area contributed by atoms with Gasteiger partial charge in [0.05, 0.1) is 40.9 Å². The van der Waals surface area contributed by atoms with Gasteiger partial charge in [0, 0.05) is 21.8 Å². The predicted molar refractivity (Wildman–Crippen MR) is 199 cm³/mol. The second kappa shape index (κ2) is 10.9.